The number of methoxy groups -OCH3 is 2. The molecule has 0 spiro atoms. The van der Waals surface area contributed by atoms with Crippen molar-refractivity contribution in [3.05, 3.63) is 78.6 Å². The van der Waals surface area contributed by atoms with Crippen LogP contribution in [0.15, 0.2) is 77.7 Å². The molecule has 0 aromatic heterocycles. The fraction of sp³-hybridized carbons (Fsp3) is 0.269. The molecule has 1 saturated heterocycles. The summed E-state index contributed by atoms with van der Waals surface area (Å²) in [5.41, 5.74) is 1.11. The topological polar surface area (TPSA) is 79.4 Å². The van der Waals surface area contributed by atoms with Crippen LogP contribution in [0, 0.1) is 5.82 Å². The van der Waals surface area contributed by atoms with Crippen molar-refractivity contribution in [2.45, 2.75) is 4.90 Å². The van der Waals surface area contributed by atoms with E-state index < -0.39 is 16.6 Å². The molecule has 0 bridgehead atoms. The smallest absolute Gasteiger partial charge is 0.264 e. The lowest BCUT2D eigenvalue weighted by atomic mass is 10.2. The van der Waals surface area contributed by atoms with Gasteiger partial charge in [0.2, 0.25) is 5.91 Å². The molecule has 1 heterocycles. The Balaban J connectivity index is 1.58. The molecule has 0 radical (unpaired) electrons. The van der Waals surface area contributed by atoms with Gasteiger partial charge in [0.1, 0.15) is 23.9 Å². The predicted molar refractivity (Wildman–Crippen MR) is 136 cm³/mol. The molecule has 0 unspecified atom stereocenters. The number of sulfonamides is 1. The molecule has 3 aromatic carbocycles. The van der Waals surface area contributed by atoms with Gasteiger partial charge in [-0.3, -0.25) is 9.10 Å². The van der Waals surface area contributed by atoms with Crippen LogP contribution in [-0.2, 0) is 14.8 Å². The van der Waals surface area contributed by atoms with E-state index in [1.165, 1.54) is 38.5 Å². The number of hydrogen-bond acceptors (Lipinski definition) is 6. The minimum absolute atomic E-state index is 0.0665. The van der Waals surface area contributed by atoms with Crippen molar-refractivity contribution in [1.82, 2.24) is 4.90 Å². The number of benzene rings is 3. The zero-order valence-electron chi connectivity index (χ0n) is 20.1. The zero-order chi connectivity index (χ0) is 25.7. The SMILES string of the molecule is COc1ccc(N(CC(=O)N2CCN(c3ccc(F)cc3)CC2)S(=O)(=O)c2ccccc2)c(OC)c1. The largest absolute Gasteiger partial charge is 0.497 e. The Kier molecular flexibility index (Phi) is 7.64. The van der Waals surface area contributed by atoms with Gasteiger partial charge in [-0.2, -0.15) is 0 Å². The van der Waals surface area contributed by atoms with E-state index >= 15 is 0 Å². The summed E-state index contributed by atoms with van der Waals surface area (Å²) >= 11 is 0. The van der Waals surface area contributed by atoms with Crippen LogP contribution < -0.4 is 18.7 Å². The highest BCUT2D eigenvalue weighted by atomic mass is 32.2. The third-order valence-electron chi connectivity index (χ3n) is 6.09. The normalized spacial score (nSPS) is 13.9. The van der Waals surface area contributed by atoms with E-state index in [1.807, 2.05) is 0 Å². The lowest BCUT2D eigenvalue weighted by molar-refractivity contribution is -0.129. The number of ether oxygens (including phenoxy) is 2. The lowest BCUT2D eigenvalue weighted by Gasteiger charge is -2.37. The molecule has 3 aromatic rings. The summed E-state index contributed by atoms with van der Waals surface area (Å²) in [7, 11) is -1.14. The number of anilines is 2. The highest BCUT2D eigenvalue weighted by Gasteiger charge is 2.32. The van der Waals surface area contributed by atoms with Crippen molar-refractivity contribution >= 4 is 27.3 Å². The molecule has 0 saturated carbocycles. The maximum absolute atomic E-state index is 13.7. The minimum Gasteiger partial charge on any atom is -0.497 e. The highest BCUT2D eigenvalue weighted by Crippen LogP contribution is 2.35. The summed E-state index contributed by atoms with van der Waals surface area (Å²) in [4.78, 5) is 17.1. The first-order chi connectivity index (χ1) is 17.3. The second kappa shape index (κ2) is 10.9. The number of hydrogen-bond donors (Lipinski definition) is 0. The van der Waals surface area contributed by atoms with E-state index in [1.54, 1.807) is 53.4 Å². The van der Waals surface area contributed by atoms with Gasteiger partial charge in [0, 0.05) is 37.9 Å². The van der Waals surface area contributed by atoms with E-state index in [2.05, 4.69) is 4.90 Å². The van der Waals surface area contributed by atoms with Gasteiger partial charge in [-0.25, -0.2) is 12.8 Å². The van der Waals surface area contributed by atoms with Gasteiger partial charge < -0.3 is 19.3 Å². The fourth-order valence-corrected chi connectivity index (χ4v) is 5.54. The number of piperazine rings is 1. The maximum atomic E-state index is 13.7. The Labute approximate surface area is 210 Å². The van der Waals surface area contributed by atoms with Crippen molar-refractivity contribution in [3.63, 3.8) is 0 Å². The Morgan fingerprint density at radius 2 is 1.58 bits per heavy atom. The molecule has 8 nitrogen and oxygen atoms in total. The van der Waals surface area contributed by atoms with Gasteiger partial charge >= 0.3 is 0 Å². The summed E-state index contributed by atoms with van der Waals surface area (Å²) in [5.74, 6) is 0.131. The Bertz CT molecular complexity index is 1290. The van der Waals surface area contributed by atoms with Gasteiger partial charge in [-0.15, -0.1) is 0 Å². The van der Waals surface area contributed by atoms with Crippen LogP contribution in [-0.4, -0.2) is 66.2 Å². The van der Waals surface area contributed by atoms with E-state index in [-0.39, 0.29) is 28.1 Å². The molecule has 1 aliphatic heterocycles. The molecule has 36 heavy (non-hydrogen) atoms. The van der Waals surface area contributed by atoms with Crippen molar-refractivity contribution in [2.24, 2.45) is 0 Å². The Hall–Kier alpha value is -3.79. The highest BCUT2D eigenvalue weighted by molar-refractivity contribution is 7.92. The molecular formula is C26H28FN3O5S. The molecule has 10 heteroatoms. The quantitative estimate of drug-likeness (QED) is 0.460. The van der Waals surface area contributed by atoms with Crippen LogP contribution in [0.2, 0.25) is 0 Å². The average Bonchev–Trinajstić information content (AvgIpc) is 2.92. The summed E-state index contributed by atoms with van der Waals surface area (Å²) in [6.45, 7) is 1.53. The molecule has 190 valence electrons. The maximum Gasteiger partial charge on any atom is 0.264 e. The molecule has 4 rings (SSSR count). The van der Waals surface area contributed by atoms with Gasteiger partial charge in [0.25, 0.3) is 10.0 Å². The summed E-state index contributed by atoms with van der Waals surface area (Å²) in [6, 6.07) is 19.0. The van der Waals surface area contributed by atoms with Crippen LogP contribution in [0.25, 0.3) is 0 Å². The van der Waals surface area contributed by atoms with Gasteiger partial charge in [0.15, 0.2) is 0 Å². The number of carbonyl (C=O) groups is 1. The van der Waals surface area contributed by atoms with Gasteiger partial charge in [-0.1, -0.05) is 18.2 Å². The van der Waals surface area contributed by atoms with E-state index in [9.17, 15) is 17.6 Å². The monoisotopic (exact) mass is 513 g/mol. The number of halogens is 1. The first kappa shape index (κ1) is 25.3. The van der Waals surface area contributed by atoms with Crippen LogP contribution >= 0.6 is 0 Å². The lowest BCUT2D eigenvalue weighted by Crippen LogP contribution is -2.52. The molecule has 0 atom stereocenters. The first-order valence-electron chi connectivity index (χ1n) is 11.4. The second-order valence-corrected chi connectivity index (χ2v) is 10.1. The third-order valence-corrected chi connectivity index (χ3v) is 7.86. The minimum atomic E-state index is -4.08. The van der Waals surface area contributed by atoms with Crippen molar-refractivity contribution in [1.29, 1.82) is 0 Å². The second-order valence-electron chi connectivity index (χ2n) is 8.21. The first-order valence-corrected chi connectivity index (χ1v) is 12.9. The molecule has 1 fully saturated rings. The molecular weight excluding hydrogens is 485 g/mol. The summed E-state index contributed by atoms with van der Waals surface area (Å²) in [5, 5.41) is 0. The zero-order valence-corrected chi connectivity index (χ0v) is 20.9. The van der Waals surface area contributed by atoms with Crippen LogP contribution in [0.3, 0.4) is 0 Å². The number of carbonyl (C=O) groups excluding carboxylic acids is 1. The molecule has 0 N–H and O–H groups in total. The van der Waals surface area contributed by atoms with E-state index in [4.69, 9.17) is 9.47 Å². The summed E-state index contributed by atoms with van der Waals surface area (Å²) in [6.07, 6.45) is 0. The summed E-state index contributed by atoms with van der Waals surface area (Å²) < 4.78 is 52.4. The Morgan fingerprint density at radius 1 is 0.917 bits per heavy atom. The van der Waals surface area contributed by atoms with Crippen LogP contribution in [0.5, 0.6) is 11.5 Å². The molecule has 1 amide bonds. The third kappa shape index (κ3) is 5.38. The van der Waals surface area contributed by atoms with Crippen LogP contribution in [0.4, 0.5) is 15.8 Å². The number of amides is 1. The predicted octanol–water partition coefficient (Wildman–Crippen LogP) is 3.39. The average molecular weight is 514 g/mol. The molecule has 1 aliphatic rings. The number of nitrogens with zero attached hydrogens (tertiary/aromatic N) is 3. The fourth-order valence-electron chi connectivity index (χ4n) is 4.10. The van der Waals surface area contributed by atoms with E-state index in [0.717, 1.165) is 9.99 Å². The molecule has 0 aliphatic carbocycles. The standard InChI is InChI=1S/C26H28FN3O5S/c1-34-22-12-13-24(25(18-22)35-2)30(36(32,33)23-6-4-3-5-7-23)19-26(31)29-16-14-28(15-17-29)21-10-8-20(27)9-11-21/h3-13,18H,14-17,19H2,1-2H3. The van der Waals surface area contributed by atoms with Gasteiger partial charge in [-0.05, 0) is 48.5 Å². The Morgan fingerprint density at radius 3 is 2.19 bits per heavy atom. The van der Waals surface area contributed by atoms with Crippen molar-refractivity contribution in [2.75, 3.05) is 56.1 Å². The van der Waals surface area contributed by atoms with Crippen molar-refractivity contribution in [3.8, 4) is 11.5 Å². The number of rotatable bonds is 8. The van der Waals surface area contributed by atoms with Crippen molar-refractivity contribution < 1.29 is 27.1 Å². The van der Waals surface area contributed by atoms with Crippen LogP contribution in [0.1, 0.15) is 0 Å². The van der Waals surface area contributed by atoms with Gasteiger partial charge in [0.05, 0.1) is 24.8 Å². The van der Waals surface area contributed by atoms with E-state index in [0.29, 0.717) is 31.9 Å².